The number of nitrogens with one attached hydrogen (secondary N) is 1. The van der Waals surface area contributed by atoms with Gasteiger partial charge in [-0.3, -0.25) is 9.59 Å². The molecule has 0 unspecified atom stereocenters. The smallest absolute Gasteiger partial charge is 0.256 e. The van der Waals surface area contributed by atoms with Crippen LogP contribution >= 0.6 is 15.9 Å². The molecule has 1 N–H and O–H groups in total. The second-order valence-corrected chi connectivity index (χ2v) is 8.58. The molecule has 0 aromatic heterocycles. The summed E-state index contributed by atoms with van der Waals surface area (Å²) in [6.07, 6.45) is 1.70. The molecule has 7 heteroatoms. The maximum absolute atomic E-state index is 13.0. The normalized spacial score (nSPS) is 17.6. The van der Waals surface area contributed by atoms with E-state index < -0.39 is 0 Å². The van der Waals surface area contributed by atoms with E-state index in [1.807, 2.05) is 53.4 Å². The van der Waals surface area contributed by atoms with Crippen molar-refractivity contribution in [3.8, 4) is 0 Å². The molecule has 0 spiro atoms. The Morgan fingerprint density at radius 1 is 0.933 bits per heavy atom. The molecule has 2 aliphatic heterocycles. The molecule has 2 aromatic carbocycles. The van der Waals surface area contributed by atoms with Gasteiger partial charge in [0.2, 0.25) is 0 Å². The van der Waals surface area contributed by atoms with E-state index in [1.165, 1.54) is 0 Å². The Hall–Kier alpha value is -2.38. The van der Waals surface area contributed by atoms with E-state index in [0.29, 0.717) is 31.9 Å². The first-order valence-electron chi connectivity index (χ1n) is 10.4. The van der Waals surface area contributed by atoms with Crippen molar-refractivity contribution < 1.29 is 14.3 Å². The Morgan fingerprint density at radius 3 is 2.30 bits per heavy atom. The molecule has 4 rings (SSSR count). The predicted octanol–water partition coefficient (Wildman–Crippen LogP) is 3.32. The molecule has 0 aliphatic carbocycles. The van der Waals surface area contributed by atoms with Crippen molar-refractivity contribution in [2.45, 2.75) is 18.9 Å². The number of para-hydroxylation sites is 1. The number of hydrogen-bond acceptors (Lipinski definition) is 4. The molecule has 2 saturated heterocycles. The summed E-state index contributed by atoms with van der Waals surface area (Å²) < 4.78 is 6.33. The average molecular weight is 472 g/mol. The molecule has 0 radical (unpaired) electrons. The molecule has 30 heavy (non-hydrogen) atoms. The average Bonchev–Trinajstić information content (AvgIpc) is 2.80. The summed E-state index contributed by atoms with van der Waals surface area (Å²) in [5, 5.41) is 3.15. The van der Waals surface area contributed by atoms with Crippen LogP contribution in [-0.4, -0.2) is 62.1 Å². The van der Waals surface area contributed by atoms with Gasteiger partial charge in [0.1, 0.15) is 0 Å². The van der Waals surface area contributed by atoms with Gasteiger partial charge in [-0.2, -0.15) is 0 Å². The lowest BCUT2D eigenvalue weighted by Gasteiger charge is -2.35. The molecule has 2 heterocycles. The van der Waals surface area contributed by atoms with Gasteiger partial charge >= 0.3 is 0 Å². The van der Waals surface area contributed by atoms with Crippen LogP contribution in [-0.2, 0) is 4.74 Å². The topological polar surface area (TPSA) is 61.9 Å². The summed E-state index contributed by atoms with van der Waals surface area (Å²) in [5.41, 5.74) is 2.39. The Kier molecular flexibility index (Phi) is 6.69. The lowest BCUT2D eigenvalue weighted by Crippen LogP contribution is -2.45. The van der Waals surface area contributed by atoms with Crippen molar-refractivity contribution in [1.82, 2.24) is 10.2 Å². The van der Waals surface area contributed by atoms with Crippen LogP contribution in [0.1, 0.15) is 33.6 Å². The second kappa shape index (κ2) is 9.62. The number of ether oxygens (including phenoxy) is 1. The number of anilines is 1. The van der Waals surface area contributed by atoms with Gasteiger partial charge in [0.25, 0.3) is 11.8 Å². The molecule has 2 aromatic rings. The zero-order valence-electron chi connectivity index (χ0n) is 16.9. The highest BCUT2D eigenvalue weighted by Crippen LogP contribution is 2.26. The fraction of sp³-hybridized carbons (Fsp3) is 0.391. The number of carbonyl (C=O) groups excluding carboxylic acids is 2. The zero-order chi connectivity index (χ0) is 20.9. The third-order valence-electron chi connectivity index (χ3n) is 5.71. The number of amides is 2. The fourth-order valence-electron chi connectivity index (χ4n) is 4.00. The summed E-state index contributed by atoms with van der Waals surface area (Å²) in [6, 6.07) is 15.4. The van der Waals surface area contributed by atoms with Gasteiger partial charge in [-0.05, 0) is 49.2 Å². The Balaban J connectivity index is 1.38. The summed E-state index contributed by atoms with van der Waals surface area (Å²) >= 11 is 3.39. The van der Waals surface area contributed by atoms with E-state index in [-0.39, 0.29) is 17.9 Å². The number of morpholine rings is 1. The number of nitrogens with zero attached hydrogens (tertiary/aromatic N) is 2. The van der Waals surface area contributed by atoms with Crippen molar-refractivity contribution in [3.05, 3.63) is 64.1 Å². The second-order valence-electron chi connectivity index (χ2n) is 7.66. The number of halogens is 1. The molecule has 0 atom stereocenters. The third kappa shape index (κ3) is 4.84. The third-order valence-corrected chi connectivity index (χ3v) is 6.24. The Bertz CT molecular complexity index is 889. The molecular formula is C23H26BrN3O3. The van der Waals surface area contributed by atoms with Crippen molar-refractivity contribution >= 4 is 33.4 Å². The van der Waals surface area contributed by atoms with Crippen LogP contribution in [0.3, 0.4) is 0 Å². The van der Waals surface area contributed by atoms with Gasteiger partial charge in [-0.25, -0.2) is 0 Å². The quantitative estimate of drug-likeness (QED) is 0.742. The Labute approximate surface area is 185 Å². The molecule has 0 saturated carbocycles. The van der Waals surface area contributed by atoms with Gasteiger partial charge in [0.05, 0.1) is 18.8 Å². The number of benzene rings is 2. The van der Waals surface area contributed by atoms with E-state index in [9.17, 15) is 9.59 Å². The van der Waals surface area contributed by atoms with Crippen molar-refractivity contribution in [2.24, 2.45) is 0 Å². The van der Waals surface area contributed by atoms with Gasteiger partial charge in [0, 0.05) is 47.9 Å². The van der Waals surface area contributed by atoms with E-state index in [0.717, 1.165) is 41.7 Å². The minimum absolute atomic E-state index is 0.0381. The first kappa shape index (κ1) is 20.9. The molecule has 6 nitrogen and oxygen atoms in total. The maximum Gasteiger partial charge on any atom is 0.256 e. The summed E-state index contributed by atoms with van der Waals surface area (Å²) in [4.78, 5) is 29.7. The number of piperidine rings is 1. The highest BCUT2D eigenvalue weighted by molar-refractivity contribution is 9.10. The van der Waals surface area contributed by atoms with E-state index in [2.05, 4.69) is 26.1 Å². The first-order chi connectivity index (χ1) is 14.6. The minimum atomic E-state index is -0.0381. The van der Waals surface area contributed by atoms with Gasteiger partial charge in [-0.15, -0.1) is 0 Å². The molecule has 2 aliphatic rings. The lowest BCUT2D eigenvalue weighted by atomic mass is 10.0. The highest BCUT2D eigenvalue weighted by atomic mass is 79.9. The van der Waals surface area contributed by atoms with Gasteiger partial charge < -0.3 is 19.9 Å². The van der Waals surface area contributed by atoms with Crippen molar-refractivity contribution in [1.29, 1.82) is 0 Å². The lowest BCUT2D eigenvalue weighted by molar-refractivity contribution is 0.0303. The maximum atomic E-state index is 13.0. The minimum Gasteiger partial charge on any atom is -0.378 e. The summed E-state index contributed by atoms with van der Waals surface area (Å²) in [6.45, 7) is 4.07. The summed E-state index contributed by atoms with van der Waals surface area (Å²) in [7, 11) is 0. The molecule has 2 fully saturated rings. The fourth-order valence-corrected chi connectivity index (χ4v) is 4.27. The van der Waals surface area contributed by atoms with Crippen LogP contribution in [0.15, 0.2) is 53.0 Å². The monoisotopic (exact) mass is 471 g/mol. The van der Waals surface area contributed by atoms with E-state index in [1.54, 1.807) is 0 Å². The van der Waals surface area contributed by atoms with Crippen molar-refractivity contribution in [3.63, 3.8) is 0 Å². The first-order valence-corrected chi connectivity index (χ1v) is 11.2. The summed E-state index contributed by atoms with van der Waals surface area (Å²) in [5.74, 6) is 0.0309. The van der Waals surface area contributed by atoms with E-state index >= 15 is 0 Å². The Morgan fingerprint density at radius 2 is 1.60 bits per heavy atom. The van der Waals surface area contributed by atoms with Crippen molar-refractivity contribution in [2.75, 3.05) is 44.3 Å². The molecule has 2 amide bonds. The van der Waals surface area contributed by atoms with Crippen LogP contribution in [0.5, 0.6) is 0 Å². The molecule has 158 valence electrons. The predicted molar refractivity (Wildman–Crippen MR) is 120 cm³/mol. The van der Waals surface area contributed by atoms with Crippen LogP contribution in [0.25, 0.3) is 0 Å². The number of carbonyl (C=O) groups is 2. The number of rotatable bonds is 4. The van der Waals surface area contributed by atoms with Crippen LogP contribution in [0.4, 0.5) is 5.69 Å². The molecule has 0 bridgehead atoms. The SMILES string of the molecule is O=C(NC1CCN(c2ccccc2C(=O)N2CCOCC2)CC1)c1ccc(Br)cc1. The van der Waals surface area contributed by atoms with Gasteiger partial charge in [0.15, 0.2) is 0 Å². The number of hydrogen-bond donors (Lipinski definition) is 1. The van der Waals surface area contributed by atoms with Crippen LogP contribution in [0.2, 0.25) is 0 Å². The van der Waals surface area contributed by atoms with E-state index in [4.69, 9.17) is 4.74 Å². The van der Waals surface area contributed by atoms with Crippen LogP contribution in [0, 0.1) is 0 Å². The standard InChI is InChI=1S/C23H26BrN3O3/c24-18-7-5-17(6-8-18)22(28)25-19-9-11-26(12-10-19)21-4-2-1-3-20(21)23(29)27-13-15-30-16-14-27/h1-8,19H,9-16H2,(H,25,28). The van der Waals surface area contributed by atoms with Crippen LogP contribution < -0.4 is 10.2 Å². The highest BCUT2D eigenvalue weighted by Gasteiger charge is 2.26. The molecular weight excluding hydrogens is 446 g/mol. The van der Waals surface area contributed by atoms with Gasteiger partial charge in [-0.1, -0.05) is 28.1 Å². The zero-order valence-corrected chi connectivity index (χ0v) is 18.4. The largest absolute Gasteiger partial charge is 0.378 e.